The summed E-state index contributed by atoms with van der Waals surface area (Å²) in [5, 5.41) is 8.07. The second kappa shape index (κ2) is 5.98. The van der Waals surface area contributed by atoms with Gasteiger partial charge in [0.05, 0.1) is 4.88 Å². The summed E-state index contributed by atoms with van der Waals surface area (Å²) < 4.78 is 0. The molecule has 0 saturated carbocycles. The minimum Gasteiger partial charge on any atom is -0.304 e. The van der Waals surface area contributed by atoms with Crippen LogP contribution in [0.4, 0.5) is 0 Å². The van der Waals surface area contributed by atoms with Gasteiger partial charge < -0.3 is 4.90 Å². The standard InChI is InChI=1S/C19H20N2O2S/c1-12(22)15-7-8-16(24-15)13-5-4-6-14(9-13)19(2)10-17(20)21(3)18(23)11-19/h4-9,20H,10-11H2,1-3H3/t19-/m0/s1. The summed E-state index contributed by atoms with van der Waals surface area (Å²) in [6, 6.07) is 11.9. The molecule has 1 amide bonds. The summed E-state index contributed by atoms with van der Waals surface area (Å²) in [6.07, 6.45) is 0.945. The van der Waals surface area contributed by atoms with Crippen molar-refractivity contribution in [1.29, 1.82) is 5.41 Å². The molecule has 4 nitrogen and oxygen atoms in total. The lowest BCUT2D eigenvalue weighted by Gasteiger charge is -2.38. The molecule has 0 bridgehead atoms. The van der Waals surface area contributed by atoms with Crippen LogP contribution in [-0.2, 0) is 10.2 Å². The normalized spacial score (nSPS) is 21.2. The van der Waals surface area contributed by atoms with Gasteiger partial charge in [0.25, 0.3) is 0 Å². The molecule has 0 spiro atoms. The number of amidine groups is 1. The fourth-order valence-corrected chi connectivity index (χ4v) is 3.99. The van der Waals surface area contributed by atoms with E-state index in [4.69, 9.17) is 5.41 Å². The first-order valence-electron chi connectivity index (χ1n) is 7.86. The minimum atomic E-state index is -0.364. The molecular weight excluding hydrogens is 320 g/mol. The van der Waals surface area contributed by atoms with Crippen LogP contribution >= 0.6 is 11.3 Å². The van der Waals surface area contributed by atoms with E-state index in [0.717, 1.165) is 20.9 Å². The molecule has 0 radical (unpaired) electrons. The molecule has 2 aromatic rings. The molecule has 1 aliphatic rings. The molecule has 2 heterocycles. The Hall–Kier alpha value is -2.27. The van der Waals surface area contributed by atoms with E-state index in [-0.39, 0.29) is 17.1 Å². The molecular formula is C19H20N2O2S. The van der Waals surface area contributed by atoms with E-state index >= 15 is 0 Å². The quantitative estimate of drug-likeness (QED) is 0.855. The van der Waals surface area contributed by atoms with Gasteiger partial charge in [0, 0.05) is 30.2 Å². The zero-order valence-electron chi connectivity index (χ0n) is 14.1. The largest absolute Gasteiger partial charge is 0.304 e. The van der Waals surface area contributed by atoms with Gasteiger partial charge in [-0.1, -0.05) is 25.1 Å². The summed E-state index contributed by atoms with van der Waals surface area (Å²) in [7, 11) is 1.66. The van der Waals surface area contributed by atoms with Crippen molar-refractivity contribution >= 4 is 28.9 Å². The summed E-state index contributed by atoms with van der Waals surface area (Å²) >= 11 is 1.48. The molecule has 0 unspecified atom stereocenters. The molecule has 1 aliphatic heterocycles. The lowest BCUT2D eigenvalue weighted by atomic mass is 9.73. The van der Waals surface area contributed by atoms with Crippen molar-refractivity contribution in [3.05, 3.63) is 46.8 Å². The highest BCUT2D eigenvalue weighted by Gasteiger charge is 2.38. The second-order valence-corrected chi connectivity index (χ2v) is 7.70. The number of benzene rings is 1. The molecule has 0 aliphatic carbocycles. The highest BCUT2D eigenvalue weighted by atomic mass is 32.1. The number of nitrogens with one attached hydrogen (secondary N) is 1. The molecule has 1 aromatic carbocycles. The van der Waals surface area contributed by atoms with Crippen molar-refractivity contribution in [2.45, 2.75) is 32.1 Å². The maximum absolute atomic E-state index is 12.2. The van der Waals surface area contributed by atoms with E-state index in [1.54, 1.807) is 14.0 Å². The van der Waals surface area contributed by atoms with Crippen molar-refractivity contribution in [2.24, 2.45) is 0 Å². The molecule has 1 saturated heterocycles. The third kappa shape index (κ3) is 2.91. The van der Waals surface area contributed by atoms with Crippen molar-refractivity contribution in [1.82, 2.24) is 4.90 Å². The van der Waals surface area contributed by atoms with Gasteiger partial charge in [-0.05, 0) is 36.2 Å². The number of Topliss-reactive ketones (excluding diaryl/α,β-unsaturated/α-hetero) is 1. The fraction of sp³-hybridized carbons (Fsp3) is 0.316. The van der Waals surface area contributed by atoms with Gasteiger partial charge in [-0.15, -0.1) is 11.3 Å². The van der Waals surface area contributed by atoms with Gasteiger partial charge in [-0.25, -0.2) is 0 Å². The van der Waals surface area contributed by atoms with E-state index in [9.17, 15) is 9.59 Å². The van der Waals surface area contributed by atoms with Crippen LogP contribution in [-0.4, -0.2) is 29.5 Å². The molecule has 1 fully saturated rings. The number of thiophene rings is 1. The number of rotatable bonds is 3. The summed E-state index contributed by atoms with van der Waals surface area (Å²) in [6.45, 7) is 3.61. The Morgan fingerprint density at radius 2 is 2.00 bits per heavy atom. The lowest BCUT2D eigenvalue weighted by Crippen LogP contribution is -2.46. The molecule has 3 rings (SSSR count). The number of nitrogens with zero attached hydrogens (tertiary/aromatic N) is 1. The number of hydrogen-bond acceptors (Lipinski definition) is 4. The Kier molecular flexibility index (Phi) is 4.13. The van der Waals surface area contributed by atoms with Crippen LogP contribution in [0.15, 0.2) is 36.4 Å². The lowest BCUT2D eigenvalue weighted by molar-refractivity contribution is -0.128. The van der Waals surface area contributed by atoms with Crippen LogP contribution in [0.25, 0.3) is 10.4 Å². The van der Waals surface area contributed by atoms with Crippen molar-refractivity contribution in [3.8, 4) is 10.4 Å². The maximum atomic E-state index is 12.2. The number of carbonyl (C=O) groups is 2. The Bertz CT molecular complexity index is 819. The number of hydrogen-bond donors (Lipinski definition) is 1. The van der Waals surface area contributed by atoms with Gasteiger partial charge >= 0.3 is 0 Å². The number of ketones is 1. The fourth-order valence-electron chi connectivity index (χ4n) is 3.09. The van der Waals surface area contributed by atoms with Crippen LogP contribution < -0.4 is 0 Å². The van der Waals surface area contributed by atoms with Gasteiger partial charge in [0.2, 0.25) is 5.91 Å². The average molecular weight is 340 g/mol. The predicted molar refractivity (Wildman–Crippen MR) is 96.8 cm³/mol. The average Bonchev–Trinajstić information content (AvgIpc) is 3.03. The number of piperidine rings is 1. The summed E-state index contributed by atoms with van der Waals surface area (Å²) in [5.74, 6) is 0.409. The summed E-state index contributed by atoms with van der Waals surface area (Å²) in [5.41, 5.74) is 1.74. The second-order valence-electron chi connectivity index (χ2n) is 6.61. The Morgan fingerprint density at radius 3 is 2.62 bits per heavy atom. The number of amides is 1. The predicted octanol–water partition coefficient (Wildman–Crippen LogP) is 4.10. The molecule has 124 valence electrons. The molecule has 1 atom stereocenters. The maximum Gasteiger partial charge on any atom is 0.228 e. The minimum absolute atomic E-state index is 0.0193. The first-order valence-corrected chi connectivity index (χ1v) is 8.67. The first kappa shape index (κ1) is 16.6. The third-order valence-corrected chi connectivity index (χ3v) is 5.91. The number of carbonyl (C=O) groups excluding carboxylic acids is 2. The topological polar surface area (TPSA) is 61.2 Å². The smallest absolute Gasteiger partial charge is 0.228 e. The van der Waals surface area contributed by atoms with E-state index in [1.807, 2.05) is 37.3 Å². The Morgan fingerprint density at radius 1 is 1.25 bits per heavy atom. The van der Waals surface area contributed by atoms with Crippen LogP contribution in [0.3, 0.4) is 0 Å². The monoisotopic (exact) mass is 340 g/mol. The van der Waals surface area contributed by atoms with Crippen molar-refractivity contribution in [2.75, 3.05) is 7.05 Å². The zero-order chi connectivity index (χ0) is 17.5. The summed E-state index contributed by atoms with van der Waals surface area (Å²) in [4.78, 5) is 26.9. The van der Waals surface area contributed by atoms with Crippen LogP contribution in [0.1, 0.15) is 41.9 Å². The van der Waals surface area contributed by atoms with Gasteiger partial charge in [0.15, 0.2) is 5.78 Å². The van der Waals surface area contributed by atoms with E-state index < -0.39 is 0 Å². The van der Waals surface area contributed by atoms with Crippen LogP contribution in [0.5, 0.6) is 0 Å². The van der Waals surface area contributed by atoms with Gasteiger partial charge in [-0.3, -0.25) is 15.0 Å². The van der Waals surface area contributed by atoms with Crippen LogP contribution in [0, 0.1) is 5.41 Å². The van der Waals surface area contributed by atoms with Gasteiger partial charge in [-0.2, -0.15) is 0 Å². The molecule has 5 heteroatoms. The van der Waals surface area contributed by atoms with E-state index in [0.29, 0.717) is 18.7 Å². The van der Waals surface area contributed by atoms with Crippen molar-refractivity contribution < 1.29 is 9.59 Å². The van der Waals surface area contributed by atoms with Crippen LogP contribution in [0.2, 0.25) is 0 Å². The van der Waals surface area contributed by atoms with Crippen molar-refractivity contribution in [3.63, 3.8) is 0 Å². The zero-order valence-corrected chi connectivity index (χ0v) is 14.9. The highest BCUT2D eigenvalue weighted by Crippen LogP contribution is 2.38. The highest BCUT2D eigenvalue weighted by molar-refractivity contribution is 7.17. The first-order chi connectivity index (χ1) is 11.3. The van der Waals surface area contributed by atoms with Gasteiger partial charge in [0.1, 0.15) is 5.84 Å². The Labute approximate surface area is 145 Å². The molecule has 1 aromatic heterocycles. The van der Waals surface area contributed by atoms with E-state index in [2.05, 4.69) is 6.07 Å². The SMILES string of the molecule is CC(=O)c1ccc(-c2cccc([C@@]3(C)CC(=N)N(C)C(=O)C3)c2)s1. The van der Waals surface area contributed by atoms with E-state index in [1.165, 1.54) is 16.2 Å². The third-order valence-electron chi connectivity index (χ3n) is 4.67. The molecule has 24 heavy (non-hydrogen) atoms. The molecule has 1 N–H and O–H groups in total. The Balaban J connectivity index is 1.96. The number of likely N-dealkylation sites (tertiary alicyclic amines) is 1.